The SMILES string of the molecule is CC(C)(C)c1ccc2c(-c3ccc(-c4cc(-c5ccccc5)cc(-c5ccccc5)c4)cc3)c3ccccc3c(-c3ccc(-c4cc(-c5ccccc5)cc(-c5ccccc5)c4)cc3)c2c1. The topological polar surface area (TPSA) is 0 Å². The molecule has 0 spiro atoms. The van der Waals surface area contributed by atoms with Gasteiger partial charge in [0.15, 0.2) is 0 Å². The third kappa shape index (κ3) is 7.93. The lowest BCUT2D eigenvalue weighted by Gasteiger charge is -2.23. The van der Waals surface area contributed by atoms with E-state index in [1.807, 2.05) is 0 Å². The van der Waals surface area contributed by atoms with E-state index < -0.39 is 0 Å². The summed E-state index contributed by atoms with van der Waals surface area (Å²) in [5.41, 5.74) is 20.8. The average Bonchev–Trinajstić information content (AvgIpc) is 3.38. The maximum Gasteiger partial charge on any atom is -0.00263 e. The Labute approximate surface area is 389 Å². The maximum atomic E-state index is 2.46. The second kappa shape index (κ2) is 17.1. The number of hydrogen-bond acceptors (Lipinski definition) is 0. The van der Waals surface area contributed by atoms with Crippen molar-refractivity contribution in [2.75, 3.05) is 0 Å². The normalized spacial score (nSPS) is 11.6. The van der Waals surface area contributed by atoms with Crippen LogP contribution in [-0.2, 0) is 5.41 Å². The molecule has 0 radical (unpaired) electrons. The summed E-state index contributed by atoms with van der Waals surface area (Å²) >= 11 is 0. The second-order valence-corrected chi connectivity index (χ2v) is 18.5. The van der Waals surface area contributed by atoms with Gasteiger partial charge in [-0.25, -0.2) is 0 Å². The molecule has 0 bridgehead atoms. The molecule has 0 N–H and O–H groups in total. The van der Waals surface area contributed by atoms with Crippen LogP contribution >= 0.6 is 0 Å². The Hall–Kier alpha value is -8.06. The summed E-state index contributed by atoms with van der Waals surface area (Å²) in [4.78, 5) is 0. The highest BCUT2D eigenvalue weighted by Crippen LogP contribution is 2.46. The average molecular weight is 843 g/mol. The van der Waals surface area contributed by atoms with Crippen LogP contribution in [0.15, 0.2) is 249 Å². The highest BCUT2D eigenvalue weighted by Gasteiger charge is 2.21. The molecule has 0 aliphatic rings. The van der Waals surface area contributed by atoms with Gasteiger partial charge in [-0.05, 0) is 164 Å². The van der Waals surface area contributed by atoms with E-state index in [4.69, 9.17) is 0 Å². The largest absolute Gasteiger partial charge is 0.0622 e. The van der Waals surface area contributed by atoms with Gasteiger partial charge in [0.25, 0.3) is 0 Å². The van der Waals surface area contributed by atoms with Crippen LogP contribution in [0.3, 0.4) is 0 Å². The van der Waals surface area contributed by atoms with E-state index in [1.54, 1.807) is 0 Å². The van der Waals surface area contributed by atoms with E-state index in [9.17, 15) is 0 Å². The molecule has 11 aromatic rings. The van der Waals surface area contributed by atoms with Crippen LogP contribution in [-0.4, -0.2) is 0 Å². The fraction of sp³-hybridized carbons (Fsp3) is 0.0606. The first-order valence-electron chi connectivity index (χ1n) is 23.1. The zero-order valence-electron chi connectivity index (χ0n) is 37.7. The molecule has 0 unspecified atom stereocenters. The van der Waals surface area contributed by atoms with Crippen molar-refractivity contribution in [2.45, 2.75) is 26.2 Å². The van der Waals surface area contributed by atoms with Crippen LogP contribution in [0.1, 0.15) is 26.3 Å². The molecule has 0 heterocycles. The predicted molar refractivity (Wildman–Crippen MR) is 284 cm³/mol. The smallest absolute Gasteiger partial charge is 0.00263 e. The minimum Gasteiger partial charge on any atom is -0.0622 e. The first-order chi connectivity index (χ1) is 32.3. The molecule has 0 aromatic heterocycles. The van der Waals surface area contributed by atoms with E-state index in [1.165, 1.54) is 116 Å². The lowest BCUT2D eigenvalue weighted by molar-refractivity contribution is 0.591. The Kier molecular flexibility index (Phi) is 10.6. The van der Waals surface area contributed by atoms with Gasteiger partial charge in [-0.15, -0.1) is 0 Å². The molecular weight excluding hydrogens is 793 g/mol. The van der Waals surface area contributed by atoms with Gasteiger partial charge in [-0.2, -0.15) is 0 Å². The van der Waals surface area contributed by atoms with Gasteiger partial charge in [0.1, 0.15) is 0 Å². The summed E-state index contributed by atoms with van der Waals surface area (Å²) in [6, 6.07) is 91.5. The first kappa shape index (κ1) is 40.7. The summed E-state index contributed by atoms with van der Waals surface area (Å²) in [5, 5.41) is 5.03. The fourth-order valence-electron chi connectivity index (χ4n) is 9.70. The second-order valence-electron chi connectivity index (χ2n) is 18.5. The zero-order valence-corrected chi connectivity index (χ0v) is 37.7. The van der Waals surface area contributed by atoms with Gasteiger partial charge in [-0.3, -0.25) is 0 Å². The molecule has 66 heavy (non-hydrogen) atoms. The molecule has 0 aliphatic heterocycles. The Morgan fingerprint density at radius 2 is 0.455 bits per heavy atom. The van der Waals surface area contributed by atoms with Crippen LogP contribution in [0.2, 0.25) is 0 Å². The van der Waals surface area contributed by atoms with Crippen molar-refractivity contribution in [3.63, 3.8) is 0 Å². The van der Waals surface area contributed by atoms with Crippen molar-refractivity contribution in [1.82, 2.24) is 0 Å². The van der Waals surface area contributed by atoms with Gasteiger partial charge >= 0.3 is 0 Å². The number of hydrogen-bond donors (Lipinski definition) is 0. The molecule has 0 heteroatoms. The van der Waals surface area contributed by atoms with E-state index in [0.29, 0.717) is 0 Å². The van der Waals surface area contributed by atoms with Crippen molar-refractivity contribution in [1.29, 1.82) is 0 Å². The quantitative estimate of drug-likeness (QED) is 0.134. The Bertz CT molecular complexity index is 3370. The number of rotatable bonds is 8. The Balaban J connectivity index is 1.04. The van der Waals surface area contributed by atoms with Crippen LogP contribution in [0.5, 0.6) is 0 Å². The summed E-state index contributed by atoms with van der Waals surface area (Å²) in [6.45, 7) is 6.94. The van der Waals surface area contributed by atoms with Gasteiger partial charge in [-0.1, -0.05) is 227 Å². The molecule has 0 amide bonds. The van der Waals surface area contributed by atoms with E-state index in [2.05, 4.69) is 269 Å². The van der Waals surface area contributed by atoms with Crippen molar-refractivity contribution in [3.8, 4) is 89.0 Å². The molecule has 0 fully saturated rings. The Morgan fingerprint density at radius 1 is 0.197 bits per heavy atom. The van der Waals surface area contributed by atoms with Crippen LogP contribution in [0.4, 0.5) is 0 Å². The number of benzene rings is 11. The lowest BCUT2D eigenvalue weighted by atomic mass is 9.81. The minimum atomic E-state index is -0.0180. The number of fused-ring (bicyclic) bond motifs is 2. The molecule has 314 valence electrons. The molecular formula is C66H50. The highest BCUT2D eigenvalue weighted by molar-refractivity contribution is 6.21. The van der Waals surface area contributed by atoms with Crippen molar-refractivity contribution in [3.05, 3.63) is 254 Å². The monoisotopic (exact) mass is 842 g/mol. The molecule has 0 aliphatic carbocycles. The molecule has 0 nitrogen and oxygen atoms in total. The lowest BCUT2D eigenvalue weighted by Crippen LogP contribution is -2.10. The van der Waals surface area contributed by atoms with Crippen LogP contribution in [0, 0.1) is 0 Å². The van der Waals surface area contributed by atoms with E-state index in [-0.39, 0.29) is 5.41 Å². The van der Waals surface area contributed by atoms with E-state index in [0.717, 1.165) is 0 Å². The first-order valence-corrected chi connectivity index (χ1v) is 23.1. The van der Waals surface area contributed by atoms with Crippen molar-refractivity contribution < 1.29 is 0 Å². The van der Waals surface area contributed by atoms with Gasteiger partial charge in [0.05, 0.1) is 0 Å². The summed E-state index contributed by atoms with van der Waals surface area (Å²) < 4.78 is 0. The maximum absolute atomic E-state index is 2.46. The van der Waals surface area contributed by atoms with Gasteiger partial charge < -0.3 is 0 Å². The Morgan fingerprint density at radius 3 is 0.773 bits per heavy atom. The van der Waals surface area contributed by atoms with Crippen LogP contribution < -0.4 is 0 Å². The predicted octanol–water partition coefficient (Wildman–Crippen LogP) is 18.6. The van der Waals surface area contributed by atoms with E-state index >= 15 is 0 Å². The molecule has 0 saturated heterocycles. The van der Waals surface area contributed by atoms with Gasteiger partial charge in [0, 0.05) is 0 Å². The van der Waals surface area contributed by atoms with Gasteiger partial charge in [0.2, 0.25) is 0 Å². The molecule has 11 aromatic carbocycles. The molecule has 0 saturated carbocycles. The summed E-state index contributed by atoms with van der Waals surface area (Å²) in [6.07, 6.45) is 0. The zero-order chi connectivity index (χ0) is 44.6. The highest BCUT2D eigenvalue weighted by atomic mass is 14.2. The standard InChI is InChI=1S/C66H50/c1-66(2,3)59-36-37-62-63(44-59)65(52-34-30-50(31-35-52)58-42-55(47-22-12-6-13-23-47)39-56(43-58)48-24-14-7-15-25-48)61-27-17-16-26-60(61)64(62)51-32-28-49(29-33-51)57-40-53(45-18-8-4-9-19-45)38-54(41-57)46-20-10-5-11-21-46/h4-44H,1-3H3. The fourth-order valence-corrected chi connectivity index (χ4v) is 9.70. The molecule has 11 rings (SSSR count). The summed E-state index contributed by atoms with van der Waals surface area (Å²) in [5.74, 6) is 0. The summed E-state index contributed by atoms with van der Waals surface area (Å²) in [7, 11) is 0. The van der Waals surface area contributed by atoms with Crippen LogP contribution in [0.25, 0.3) is 111 Å². The minimum absolute atomic E-state index is 0.0180. The third-order valence-corrected chi connectivity index (χ3v) is 13.2. The van der Waals surface area contributed by atoms with Crippen molar-refractivity contribution >= 4 is 21.5 Å². The third-order valence-electron chi connectivity index (χ3n) is 13.2. The van der Waals surface area contributed by atoms with Crippen molar-refractivity contribution in [2.24, 2.45) is 0 Å². The molecule has 0 atom stereocenters.